The van der Waals surface area contributed by atoms with E-state index in [1.165, 1.54) is 5.56 Å². The van der Waals surface area contributed by atoms with Crippen LogP contribution in [0.3, 0.4) is 0 Å². The zero-order valence-electron chi connectivity index (χ0n) is 19.1. The Bertz CT molecular complexity index is 1480. The predicted octanol–water partition coefficient (Wildman–Crippen LogP) is 5.96. The van der Waals surface area contributed by atoms with Crippen LogP contribution in [0.15, 0.2) is 96.1 Å². The number of imidazole rings is 1. The maximum absolute atomic E-state index is 12.8. The SMILES string of the molecule is O=C1c2ccccc2-c2ccc(-c3nc(COc4ccc(CCCn5ccnc5)cc4)co3)cc21. The number of carbonyl (C=O) groups is 1. The van der Waals surface area contributed by atoms with Gasteiger partial charge in [0, 0.05) is 35.6 Å². The van der Waals surface area contributed by atoms with Crippen molar-refractivity contribution in [2.75, 3.05) is 0 Å². The minimum absolute atomic E-state index is 0.0396. The fraction of sp³-hybridized carbons (Fsp3) is 0.138. The molecule has 0 amide bonds. The largest absolute Gasteiger partial charge is 0.487 e. The molecule has 0 spiro atoms. The van der Waals surface area contributed by atoms with Gasteiger partial charge in [-0.05, 0) is 53.8 Å². The van der Waals surface area contributed by atoms with Crippen molar-refractivity contribution in [3.05, 3.63) is 114 Å². The Hall–Kier alpha value is -4.45. The normalized spacial score (nSPS) is 11.9. The van der Waals surface area contributed by atoms with E-state index in [-0.39, 0.29) is 5.78 Å². The highest BCUT2D eigenvalue weighted by Crippen LogP contribution is 2.38. The molecule has 172 valence electrons. The molecule has 0 radical (unpaired) electrons. The third-order valence-corrected chi connectivity index (χ3v) is 6.28. The molecule has 0 saturated carbocycles. The molecule has 35 heavy (non-hydrogen) atoms. The summed E-state index contributed by atoms with van der Waals surface area (Å²) < 4.78 is 13.7. The number of benzene rings is 3. The van der Waals surface area contributed by atoms with Crippen LogP contribution in [0.2, 0.25) is 0 Å². The summed E-state index contributed by atoms with van der Waals surface area (Å²) in [6.07, 6.45) is 9.28. The highest BCUT2D eigenvalue weighted by molar-refractivity contribution is 6.22. The van der Waals surface area contributed by atoms with Gasteiger partial charge in [-0.15, -0.1) is 0 Å². The summed E-state index contributed by atoms with van der Waals surface area (Å²) in [6.45, 7) is 1.26. The standard InChI is InChI=1S/C29H23N3O3/c33-28-26-6-2-1-5-24(26)25-12-9-21(16-27(25)28)29-31-22(18-35-29)17-34-23-10-7-20(8-11-23)4-3-14-32-15-13-30-19-32/h1-2,5-13,15-16,18-19H,3-4,14,17H2. The molecule has 3 aromatic carbocycles. The van der Waals surface area contributed by atoms with E-state index in [4.69, 9.17) is 9.15 Å². The number of fused-ring (bicyclic) bond motifs is 3. The van der Waals surface area contributed by atoms with E-state index in [1.54, 1.807) is 12.5 Å². The molecule has 0 unspecified atom stereocenters. The summed E-state index contributed by atoms with van der Waals surface area (Å²) in [4.78, 5) is 21.4. The van der Waals surface area contributed by atoms with Gasteiger partial charge in [0.2, 0.25) is 5.89 Å². The molecule has 5 aromatic rings. The molecule has 0 aliphatic heterocycles. The van der Waals surface area contributed by atoms with Crippen molar-refractivity contribution in [3.8, 4) is 28.3 Å². The average Bonchev–Trinajstić information content (AvgIpc) is 3.65. The third kappa shape index (κ3) is 4.26. The number of ketones is 1. The van der Waals surface area contributed by atoms with E-state index in [0.717, 1.165) is 47.4 Å². The summed E-state index contributed by atoms with van der Waals surface area (Å²) in [5, 5.41) is 0. The number of ether oxygens (including phenoxy) is 1. The van der Waals surface area contributed by atoms with Gasteiger partial charge in [-0.3, -0.25) is 4.79 Å². The molecule has 2 aromatic heterocycles. The monoisotopic (exact) mass is 461 g/mol. The van der Waals surface area contributed by atoms with Crippen LogP contribution in [0.1, 0.15) is 33.6 Å². The van der Waals surface area contributed by atoms with Gasteiger partial charge >= 0.3 is 0 Å². The second-order valence-electron chi connectivity index (χ2n) is 8.62. The second-order valence-corrected chi connectivity index (χ2v) is 8.62. The van der Waals surface area contributed by atoms with E-state index in [2.05, 4.69) is 26.7 Å². The lowest BCUT2D eigenvalue weighted by Gasteiger charge is -2.06. The maximum Gasteiger partial charge on any atom is 0.226 e. The predicted molar refractivity (Wildman–Crippen MR) is 132 cm³/mol. The van der Waals surface area contributed by atoms with Crippen LogP contribution < -0.4 is 4.74 Å². The molecular formula is C29H23N3O3. The van der Waals surface area contributed by atoms with Crippen molar-refractivity contribution in [2.24, 2.45) is 0 Å². The third-order valence-electron chi connectivity index (χ3n) is 6.28. The zero-order chi connectivity index (χ0) is 23.6. The number of nitrogens with zero attached hydrogens (tertiary/aromatic N) is 3. The first kappa shape index (κ1) is 21.1. The second kappa shape index (κ2) is 9.06. The van der Waals surface area contributed by atoms with Crippen LogP contribution in [0.5, 0.6) is 5.75 Å². The van der Waals surface area contributed by atoms with Gasteiger partial charge in [0.15, 0.2) is 5.78 Å². The Balaban J connectivity index is 1.07. The van der Waals surface area contributed by atoms with E-state index in [0.29, 0.717) is 23.8 Å². The Morgan fingerprint density at radius 2 is 1.74 bits per heavy atom. The van der Waals surface area contributed by atoms with E-state index in [9.17, 15) is 4.79 Å². The number of hydrogen-bond donors (Lipinski definition) is 0. The topological polar surface area (TPSA) is 70.2 Å². The molecule has 1 aliphatic rings. The Morgan fingerprint density at radius 1 is 0.914 bits per heavy atom. The van der Waals surface area contributed by atoms with Gasteiger partial charge in [0.05, 0.1) is 6.33 Å². The van der Waals surface area contributed by atoms with Crippen LogP contribution in [0.25, 0.3) is 22.6 Å². The molecule has 0 fully saturated rings. The summed E-state index contributed by atoms with van der Waals surface area (Å²) >= 11 is 0. The molecule has 6 heteroatoms. The van der Waals surface area contributed by atoms with Gasteiger partial charge in [-0.2, -0.15) is 0 Å². The molecule has 0 bridgehead atoms. The van der Waals surface area contributed by atoms with Crippen LogP contribution in [0.4, 0.5) is 0 Å². The Morgan fingerprint density at radius 3 is 2.57 bits per heavy atom. The molecule has 0 N–H and O–H groups in total. The van der Waals surface area contributed by atoms with Crippen LogP contribution in [-0.4, -0.2) is 20.3 Å². The minimum atomic E-state index is 0.0396. The van der Waals surface area contributed by atoms with Gasteiger partial charge in [-0.25, -0.2) is 9.97 Å². The zero-order valence-corrected chi connectivity index (χ0v) is 19.1. The summed E-state index contributed by atoms with van der Waals surface area (Å²) in [7, 11) is 0. The molecule has 6 nitrogen and oxygen atoms in total. The number of aryl methyl sites for hydroxylation is 2. The Kier molecular flexibility index (Phi) is 5.47. The van der Waals surface area contributed by atoms with E-state index >= 15 is 0 Å². The molecular weight excluding hydrogens is 438 g/mol. The number of rotatable bonds is 8. The van der Waals surface area contributed by atoms with Crippen molar-refractivity contribution in [2.45, 2.75) is 26.0 Å². The van der Waals surface area contributed by atoms with Gasteiger partial charge in [-0.1, -0.05) is 42.5 Å². The van der Waals surface area contributed by atoms with Gasteiger partial charge < -0.3 is 13.7 Å². The highest BCUT2D eigenvalue weighted by atomic mass is 16.5. The molecule has 1 aliphatic carbocycles. The molecule has 2 heterocycles. The van der Waals surface area contributed by atoms with Crippen molar-refractivity contribution in [3.63, 3.8) is 0 Å². The number of oxazole rings is 1. The molecule has 6 rings (SSSR count). The smallest absolute Gasteiger partial charge is 0.226 e. The van der Waals surface area contributed by atoms with Crippen LogP contribution in [0, 0.1) is 0 Å². The Labute approximate surface area is 202 Å². The molecule has 0 saturated heterocycles. The minimum Gasteiger partial charge on any atom is -0.487 e. The van der Waals surface area contributed by atoms with Crippen LogP contribution >= 0.6 is 0 Å². The van der Waals surface area contributed by atoms with Crippen molar-refractivity contribution >= 4 is 5.78 Å². The van der Waals surface area contributed by atoms with E-state index < -0.39 is 0 Å². The van der Waals surface area contributed by atoms with Crippen molar-refractivity contribution in [1.82, 2.24) is 14.5 Å². The summed E-state index contributed by atoms with van der Waals surface area (Å²) in [6, 6.07) is 21.6. The van der Waals surface area contributed by atoms with E-state index in [1.807, 2.05) is 67.1 Å². The fourth-order valence-corrected chi connectivity index (χ4v) is 4.46. The lowest BCUT2D eigenvalue weighted by molar-refractivity contribution is 0.104. The maximum atomic E-state index is 12.8. The lowest BCUT2D eigenvalue weighted by Crippen LogP contribution is -1.98. The van der Waals surface area contributed by atoms with Crippen molar-refractivity contribution in [1.29, 1.82) is 0 Å². The van der Waals surface area contributed by atoms with Crippen LogP contribution in [-0.2, 0) is 19.6 Å². The first-order valence-corrected chi connectivity index (χ1v) is 11.6. The van der Waals surface area contributed by atoms with Gasteiger partial charge in [0.25, 0.3) is 0 Å². The number of carbonyl (C=O) groups excluding carboxylic acids is 1. The number of aromatic nitrogens is 3. The fourth-order valence-electron chi connectivity index (χ4n) is 4.46. The van der Waals surface area contributed by atoms with Crippen molar-refractivity contribution < 1.29 is 13.9 Å². The summed E-state index contributed by atoms with van der Waals surface area (Å²) in [5.74, 6) is 1.30. The highest BCUT2D eigenvalue weighted by Gasteiger charge is 2.26. The summed E-state index contributed by atoms with van der Waals surface area (Å²) in [5.41, 5.74) is 6.10. The average molecular weight is 462 g/mol. The van der Waals surface area contributed by atoms with Gasteiger partial charge in [0.1, 0.15) is 24.3 Å². The first-order chi connectivity index (χ1) is 17.2. The first-order valence-electron chi connectivity index (χ1n) is 11.6. The quantitative estimate of drug-likeness (QED) is 0.280. The lowest BCUT2D eigenvalue weighted by atomic mass is 10.0. The number of hydrogen-bond acceptors (Lipinski definition) is 5. The molecule has 0 atom stereocenters.